The van der Waals surface area contributed by atoms with Gasteiger partial charge in [-0.15, -0.1) is 0 Å². The third-order valence-electron chi connectivity index (χ3n) is 4.59. The van der Waals surface area contributed by atoms with Crippen molar-refractivity contribution < 1.29 is 21.6 Å². The van der Waals surface area contributed by atoms with E-state index >= 15 is 0 Å². The molecule has 148 valence electrons. The maximum atomic E-state index is 13.5. The quantitative estimate of drug-likeness (QED) is 0.733. The molecule has 2 aromatic rings. The normalized spacial score (nSPS) is 17.0. The molecule has 1 N–H and O–H groups in total. The number of anilines is 1. The van der Waals surface area contributed by atoms with Crippen LogP contribution in [0.5, 0.6) is 0 Å². The minimum absolute atomic E-state index is 0.152. The fraction of sp³-hybridized carbons (Fsp3) is 0.438. The first-order valence-corrected chi connectivity index (χ1v) is 10.5. The lowest BCUT2D eigenvalue weighted by Gasteiger charge is -2.34. The fourth-order valence-corrected chi connectivity index (χ4v) is 5.00. The molecule has 1 fully saturated rings. The standard InChI is InChI=1S/C16H17BrF3N3O3S/c1-9-14(21-27(25,26)8-10-6-16(19,20)7-10)15(24)23(22(9)2)11-3-4-13(18)12(17)5-11/h3-5,10,21H,6-8H2,1-2H3. The molecule has 0 saturated heterocycles. The average molecular weight is 468 g/mol. The molecule has 0 radical (unpaired) electrons. The van der Waals surface area contributed by atoms with E-state index in [1.807, 2.05) is 0 Å². The Kier molecular flexibility index (Phi) is 4.96. The van der Waals surface area contributed by atoms with Crippen LogP contribution >= 0.6 is 15.9 Å². The van der Waals surface area contributed by atoms with E-state index in [1.165, 1.54) is 27.6 Å². The second kappa shape index (κ2) is 6.69. The van der Waals surface area contributed by atoms with Crippen LogP contribution in [0.25, 0.3) is 5.69 Å². The molecule has 1 saturated carbocycles. The number of aromatic nitrogens is 2. The van der Waals surface area contributed by atoms with Crippen LogP contribution in [0, 0.1) is 18.7 Å². The van der Waals surface area contributed by atoms with Crippen molar-refractivity contribution in [2.45, 2.75) is 25.7 Å². The zero-order valence-electron chi connectivity index (χ0n) is 14.5. The predicted octanol–water partition coefficient (Wildman–Crippen LogP) is 3.17. The highest BCUT2D eigenvalue weighted by atomic mass is 79.9. The van der Waals surface area contributed by atoms with Gasteiger partial charge in [0.2, 0.25) is 15.9 Å². The maximum absolute atomic E-state index is 13.5. The van der Waals surface area contributed by atoms with E-state index in [0.717, 1.165) is 0 Å². The van der Waals surface area contributed by atoms with E-state index < -0.39 is 51.8 Å². The third-order valence-corrected chi connectivity index (χ3v) is 6.62. The molecule has 1 aliphatic carbocycles. The molecule has 27 heavy (non-hydrogen) atoms. The first-order chi connectivity index (χ1) is 12.4. The van der Waals surface area contributed by atoms with Gasteiger partial charge in [0, 0.05) is 19.9 Å². The van der Waals surface area contributed by atoms with Gasteiger partial charge in [0.1, 0.15) is 11.5 Å². The Morgan fingerprint density at radius 1 is 1.33 bits per heavy atom. The largest absolute Gasteiger partial charge is 0.296 e. The average Bonchev–Trinajstić information content (AvgIpc) is 2.72. The van der Waals surface area contributed by atoms with E-state index in [0.29, 0.717) is 11.4 Å². The molecule has 1 aromatic carbocycles. The van der Waals surface area contributed by atoms with Crippen molar-refractivity contribution in [2.24, 2.45) is 13.0 Å². The van der Waals surface area contributed by atoms with Crippen molar-refractivity contribution in [3.05, 3.63) is 44.5 Å². The smallest absolute Gasteiger partial charge is 0.283 e. The lowest BCUT2D eigenvalue weighted by Crippen LogP contribution is -2.40. The number of alkyl halides is 2. The summed E-state index contributed by atoms with van der Waals surface area (Å²) in [6, 6.07) is 3.95. The monoisotopic (exact) mass is 467 g/mol. The summed E-state index contributed by atoms with van der Waals surface area (Å²) in [5, 5.41) is 0. The van der Waals surface area contributed by atoms with Crippen molar-refractivity contribution in [3.8, 4) is 5.69 Å². The van der Waals surface area contributed by atoms with E-state index in [-0.39, 0.29) is 10.2 Å². The topological polar surface area (TPSA) is 73.1 Å². The van der Waals surface area contributed by atoms with Crippen molar-refractivity contribution in [2.75, 3.05) is 10.5 Å². The lowest BCUT2D eigenvalue weighted by molar-refractivity contribution is -0.103. The number of nitrogens with zero attached hydrogens (tertiary/aromatic N) is 2. The number of rotatable bonds is 5. The van der Waals surface area contributed by atoms with Crippen molar-refractivity contribution in [3.63, 3.8) is 0 Å². The number of hydrogen-bond donors (Lipinski definition) is 1. The van der Waals surface area contributed by atoms with E-state index in [4.69, 9.17) is 0 Å². The van der Waals surface area contributed by atoms with Crippen LogP contribution in [0.1, 0.15) is 18.5 Å². The number of halogens is 4. The minimum Gasteiger partial charge on any atom is -0.283 e. The Balaban J connectivity index is 1.91. The second-order valence-corrected chi connectivity index (χ2v) is 9.33. The van der Waals surface area contributed by atoms with Crippen LogP contribution in [-0.2, 0) is 17.1 Å². The Bertz CT molecular complexity index is 1050. The number of nitrogens with one attached hydrogen (secondary N) is 1. The van der Waals surface area contributed by atoms with Gasteiger partial charge in [-0.1, -0.05) is 0 Å². The molecular formula is C16H17BrF3N3O3S. The van der Waals surface area contributed by atoms with Crippen LogP contribution in [-0.4, -0.2) is 29.5 Å². The number of hydrogen-bond acceptors (Lipinski definition) is 3. The van der Waals surface area contributed by atoms with Gasteiger partial charge in [-0.2, -0.15) is 0 Å². The van der Waals surface area contributed by atoms with Gasteiger partial charge in [-0.25, -0.2) is 26.3 Å². The summed E-state index contributed by atoms with van der Waals surface area (Å²) in [5.41, 5.74) is -0.133. The Morgan fingerprint density at radius 2 is 1.96 bits per heavy atom. The van der Waals surface area contributed by atoms with E-state index in [9.17, 15) is 26.4 Å². The second-order valence-electron chi connectivity index (χ2n) is 6.71. The zero-order valence-corrected chi connectivity index (χ0v) is 16.9. The van der Waals surface area contributed by atoms with Crippen molar-refractivity contribution in [1.82, 2.24) is 9.36 Å². The molecule has 0 atom stereocenters. The first-order valence-electron chi connectivity index (χ1n) is 8.02. The highest BCUT2D eigenvalue weighted by Crippen LogP contribution is 2.43. The predicted molar refractivity (Wildman–Crippen MR) is 98.5 cm³/mol. The lowest BCUT2D eigenvalue weighted by atomic mass is 9.83. The maximum Gasteiger partial charge on any atom is 0.296 e. The molecule has 0 amide bonds. The Labute approximate surface area is 162 Å². The molecule has 6 nitrogen and oxygen atoms in total. The van der Waals surface area contributed by atoms with Gasteiger partial charge in [-0.05, 0) is 47.0 Å². The summed E-state index contributed by atoms with van der Waals surface area (Å²) in [5.74, 6) is -4.43. The summed E-state index contributed by atoms with van der Waals surface area (Å²) in [4.78, 5) is 12.7. The summed E-state index contributed by atoms with van der Waals surface area (Å²) in [6.07, 6.45) is -0.953. The van der Waals surface area contributed by atoms with E-state index in [2.05, 4.69) is 20.7 Å². The first kappa shape index (κ1) is 20.0. The Hall–Kier alpha value is -1.75. The van der Waals surface area contributed by atoms with Crippen LogP contribution in [0.3, 0.4) is 0 Å². The Morgan fingerprint density at radius 3 is 2.52 bits per heavy atom. The molecule has 0 aliphatic heterocycles. The van der Waals surface area contributed by atoms with Crippen LogP contribution < -0.4 is 10.3 Å². The zero-order chi connectivity index (χ0) is 20.1. The van der Waals surface area contributed by atoms with Gasteiger partial charge in [0.15, 0.2) is 0 Å². The molecule has 0 unspecified atom stereocenters. The van der Waals surface area contributed by atoms with Crippen LogP contribution in [0.4, 0.5) is 18.9 Å². The minimum atomic E-state index is -3.97. The van der Waals surface area contributed by atoms with Gasteiger partial charge in [0.25, 0.3) is 5.56 Å². The SMILES string of the molecule is Cc1c(NS(=O)(=O)CC2CC(F)(F)C2)c(=O)n(-c2ccc(F)c(Br)c2)n1C. The summed E-state index contributed by atoms with van der Waals surface area (Å²) >= 11 is 3.04. The fourth-order valence-electron chi connectivity index (χ4n) is 3.14. The van der Waals surface area contributed by atoms with Gasteiger partial charge in [0.05, 0.1) is 21.6 Å². The summed E-state index contributed by atoms with van der Waals surface area (Å²) < 4.78 is 68.9. The molecule has 1 heterocycles. The van der Waals surface area contributed by atoms with Crippen LogP contribution in [0.2, 0.25) is 0 Å². The molecule has 1 aliphatic rings. The highest BCUT2D eigenvalue weighted by molar-refractivity contribution is 9.10. The van der Waals surface area contributed by atoms with Gasteiger partial charge in [-0.3, -0.25) is 14.2 Å². The third kappa shape index (κ3) is 3.93. The molecule has 3 rings (SSSR count). The number of benzene rings is 1. The highest BCUT2D eigenvalue weighted by Gasteiger charge is 2.46. The molecule has 0 bridgehead atoms. The molecular weight excluding hydrogens is 451 g/mol. The number of sulfonamides is 1. The van der Waals surface area contributed by atoms with E-state index in [1.54, 1.807) is 14.0 Å². The van der Waals surface area contributed by atoms with Gasteiger partial charge < -0.3 is 0 Å². The summed E-state index contributed by atoms with van der Waals surface area (Å²) in [7, 11) is -2.42. The molecule has 11 heteroatoms. The molecule has 0 spiro atoms. The summed E-state index contributed by atoms with van der Waals surface area (Å²) in [6.45, 7) is 1.55. The van der Waals surface area contributed by atoms with Crippen LogP contribution in [0.15, 0.2) is 27.5 Å². The van der Waals surface area contributed by atoms with Crippen molar-refractivity contribution in [1.29, 1.82) is 0 Å². The van der Waals surface area contributed by atoms with Crippen molar-refractivity contribution >= 4 is 31.6 Å². The van der Waals surface area contributed by atoms with Gasteiger partial charge >= 0.3 is 0 Å². The molecule has 1 aromatic heterocycles.